The topological polar surface area (TPSA) is 61.7 Å². The molecule has 0 fully saturated rings. The Balaban J connectivity index is 2.23. The van der Waals surface area contributed by atoms with Crippen LogP contribution in [0.15, 0.2) is 6.07 Å². The van der Waals surface area contributed by atoms with Crippen LogP contribution in [0.4, 0.5) is 5.95 Å². The van der Waals surface area contributed by atoms with Gasteiger partial charge in [-0.25, -0.2) is 4.98 Å². The standard InChI is InChI=1S/C14H19N5S/c1-7-6-11(10(4)20-7)9(3)19-13-12(16-14(19)15)8(2)17-18(13)5/h6,9H,1-5H3,(H2,15,16). The summed E-state index contributed by atoms with van der Waals surface area (Å²) in [5.41, 5.74) is 10.2. The molecule has 0 aliphatic carbocycles. The minimum Gasteiger partial charge on any atom is -0.369 e. The zero-order valence-electron chi connectivity index (χ0n) is 12.4. The Morgan fingerprint density at radius 1 is 1.30 bits per heavy atom. The number of rotatable bonds is 2. The first-order valence-corrected chi connectivity index (χ1v) is 7.45. The van der Waals surface area contributed by atoms with Crippen LogP contribution in [0.1, 0.15) is 34.0 Å². The van der Waals surface area contributed by atoms with E-state index in [1.807, 2.05) is 30.0 Å². The second-order valence-electron chi connectivity index (χ2n) is 5.27. The lowest BCUT2D eigenvalue weighted by atomic mass is 10.1. The second kappa shape index (κ2) is 4.34. The minimum atomic E-state index is 0.153. The molecule has 0 saturated heterocycles. The number of nitrogens with zero attached hydrogens (tertiary/aromatic N) is 4. The molecular weight excluding hydrogens is 270 g/mol. The molecule has 3 aromatic rings. The van der Waals surface area contributed by atoms with Crippen LogP contribution in [-0.4, -0.2) is 19.3 Å². The molecule has 20 heavy (non-hydrogen) atoms. The first-order chi connectivity index (χ1) is 9.40. The van der Waals surface area contributed by atoms with Crippen molar-refractivity contribution < 1.29 is 0 Å². The molecule has 3 aromatic heterocycles. The molecule has 0 bridgehead atoms. The molecule has 0 aromatic carbocycles. The Morgan fingerprint density at radius 3 is 2.60 bits per heavy atom. The maximum absolute atomic E-state index is 6.14. The molecule has 0 aliphatic heterocycles. The molecule has 1 unspecified atom stereocenters. The smallest absolute Gasteiger partial charge is 0.203 e. The van der Waals surface area contributed by atoms with E-state index in [0.717, 1.165) is 16.9 Å². The van der Waals surface area contributed by atoms with Gasteiger partial charge in [0.2, 0.25) is 5.95 Å². The SMILES string of the molecule is Cc1cc(C(C)n2c(N)nc3c(C)nn(C)c32)c(C)s1. The Kier molecular flexibility index (Phi) is 2.86. The maximum Gasteiger partial charge on any atom is 0.203 e. The molecule has 0 aliphatic rings. The third-order valence-electron chi connectivity index (χ3n) is 3.78. The van der Waals surface area contributed by atoms with E-state index in [9.17, 15) is 0 Å². The summed E-state index contributed by atoms with van der Waals surface area (Å²) in [6, 6.07) is 2.39. The van der Waals surface area contributed by atoms with Gasteiger partial charge in [0.1, 0.15) is 5.52 Å². The number of hydrogen-bond acceptors (Lipinski definition) is 4. The van der Waals surface area contributed by atoms with Gasteiger partial charge in [-0.3, -0.25) is 9.25 Å². The minimum absolute atomic E-state index is 0.153. The first kappa shape index (κ1) is 13.2. The Labute approximate surface area is 122 Å². The highest BCUT2D eigenvalue weighted by Crippen LogP contribution is 2.33. The summed E-state index contributed by atoms with van der Waals surface area (Å²) in [5, 5.41) is 4.44. The maximum atomic E-state index is 6.14. The van der Waals surface area contributed by atoms with Crippen molar-refractivity contribution in [1.82, 2.24) is 19.3 Å². The number of anilines is 1. The van der Waals surface area contributed by atoms with Crippen molar-refractivity contribution in [2.75, 3.05) is 5.73 Å². The molecule has 6 heteroatoms. The lowest BCUT2D eigenvalue weighted by molar-refractivity contribution is 0.635. The van der Waals surface area contributed by atoms with E-state index in [0.29, 0.717) is 5.95 Å². The summed E-state index contributed by atoms with van der Waals surface area (Å²) in [6.45, 7) is 8.41. The van der Waals surface area contributed by atoms with E-state index < -0.39 is 0 Å². The summed E-state index contributed by atoms with van der Waals surface area (Å²) in [5.74, 6) is 0.548. The van der Waals surface area contributed by atoms with E-state index in [-0.39, 0.29) is 6.04 Å². The highest BCUT2D eigenvalue weighted by atomic mass is 32.1. The predicted octanol–water partition coefficient (Wildman–Crippen LogP) is 2.95. The van der Waals surface area contributed by atoms with Crippen LogP contribution in [-0.2, 0) is 7.05 Å². The van der Waals surface area contributed by atoms with Gasteiger partial charge in [0, 0.05) is 16.8 Å². The Hall–Kier alpha value is -1.82. The van der Waals surface area contributed by atoms with Gasteiger partial charge in [0.15, 0.2) is 5.65 Å². The van der Waals surface area contributed by atoms with Crippen LogP contribution in [0, 0.1) is 20.8 Å². The van der Waals surface area contributed by atoms with Crippen LogP contribution in [0.5, 0.6) is 0 Å². The van der Waals surface area contributed by atoms with E-state index in [4.69, 9.17) is 5.73 Å². The lowest BCUT2D eigenvalue weighted by Crippen LogP contribution is -2.12. The monoisotopic (exact) mass is 289 g/mol. The second-order valence-corrected chi connectivity index (χ2v) is 6.73. The fourth-order valence-corrected chi connectivity index (χ4v) is 3.91. The van der Waals surface area contributed by atoms with Crippen molar-refractivity contribution in [1.29, 1.82) is 0 Å². The fraction of sp³-hybridized carbons (Fsp3) is 0.429. The van der Waals surface area contributed by atoms with Crippen molar-refractivity contribution >= 4 is 28.4 Å². The molecule has 3 heterocycles. The highest BCUT2D eigenvalue weighted by Gasteiger charge is 2.22. The zero-order valence-corrected chi connectivity index (χ0v) is 13.2. The van der Waals surface area contributed by atoms with Crippen molar-refractivity contribution in [3.8, 4) is 0 Å². The van der Waals surface area contributed by atoms with Gasteiger partial charge >= 0.3 is 0 Å². The van der Waals surface area contributed by atoms with Crippen molar-refractivity contribution in [3.05, 3.63) is 27.1 Å². The van der Waals surface area contributed by atoms with E-state index in [1.165, 1.54) is 15.3 Å². The number of nitrogen functional groups attached to an aromatic ring is 1. The number of aromatic nitrogens is 4. The normalized spacial score (nSPS) is 13.2. The van der Waals surface area contributed by atoms with Gasteiger partial charge < -0.3 is 5.73 Å². The number of imidazole rings is 1. The summed E-state index contributed by atoms with van der Waals surface area (Å²) in [6.07, 6.45) is 0. The van der Waals surface area contributed by atoms with Gasteiger partial charge in [-0.15, -0.1) is 11.3 Å². The number of fused-ring (bicyclic) bond motifs is 1. The predicted molar refractivity (Wildman–Crippen MR) is 83.3 cm³/mol. The van der Waals surface area contributed by atoms with E-state index >= 15 is 0 Å². The zero-order chi connectivity index (χ0) is 14.6. The van der Waals surface area contributed by atoms with Crippen LogP contribution in [0.25, 0.3) is 11.2 Å². The van der Waals surface area contributed by atoms with Gasteiger partial charge in [-0.2, -0.15) is 5.10 Å². The number of nitrogens with two attached hydrogens (primary N) is 1. The summed E-state index contributed by atoms with van der Waals surface area (Å²) < 4.78 is 3.93. The van der Waals surface area contributed by atoms with E-state index in [1.54, 1.807) is 0 Å². The fourth-order valence-electron chi connectivity index (χ4n) is 2.90. The Morgan fingerprint density at radius 2 is 2.00 bits per heavy atom. The van der Waals surface area contributed by atoms with Gasteiger partial charge in [-0.1, -0.05) is 0 Å². The average molecular weight is 289 g/mol. The van der Waals surface area contributed by atoms with Gasteiger partial charge in [0.05, 0.1) is 11.7 Å². The third-order valence-corrected chi connectivity index (χ3v) is 4.76. The molecule has 3 rings (SSSR count). The first-order valence-electron chi connectivity index (χ1n) is 6.64. The third kappa shape index (κ3) is 1.75. The number of hydrogen-bond donors (Lipinski definition) is 1. The Bertz CT molecular complexity index is 792. The van der Waals surface area contributed by atoms with Gasteiger partial charge in [-0.05, 0) is 39.3 Å². The average Bonchev–Trinajstić information content (AvgIpc) is 2.95. The molecular formula is C14H19N5S. The number of aryl methyl sites for hydroxylation is 4. The lowest BCUT2D eigenvalue weighted by Gasteiger charge is -2.16. The van der Waals surface area contributed by atoms with Crippen LogP contribution < -0.4 is 5.73 Å². The van der Waals surface area contributed by atoms with Gasteiger partial charge in [0.25, 0.3) is 0 Å². The molecule has 0 saturated carbocycles. The summed E-state index contributed by atoms with van der Waals surface area (Å²) in [7, 11) is 1.94. The number of thiophene rings is 1. The highest BCUT2D eigenvalue weighted by molar-refractivity contribution is 7.12. The molecule has 1 atom stereocenters. The largest absolute Gasteiger partial charge is 0.369 e. The quantitative estimate of drug-likeness (QED) is 0.789. The molecule has 106 valence electrons. The summed E-state index contributed by atoms with van der Waals surface area (Å²) >= 11 is 1.82. The molecule has 2 N–H and O–H groups in total. The molecule has 0 spiro atoms. The van der Waals surface area contributed by atoms with Crippen molar-refractivity contribution in [2.24, 2.45) is 7.05 Å². The van der Waals surface area contributed by atoms with Crippen LogP contribution in [0.2, 0.25) is 0 Å². The van der Waals surface area contributed by atoms with E-state index in [2.05, 4.69) is 41.5 Å². The summed E-state index contributed by atoms with van der Waals surface area (Å²) in [4.78, 5) is 7.13. The van der Waals surface area contributed by atoms with Crippen molar-refractivity contribution in [3.63, 3.8) is 0 Å². The van der Waals surface area contributed by atoms with Crippen LogP contribution in [0.3, 0.4) is 0 Å². The molecule has 0 radical (unpaired) electrons. The van der Waals surface area contributed by atoms with Crippen molar-refractivity contribution in [2.45, 2.75) is 33.7 Å². The molecule has 5 nitrogen and oxygen atoms in total. The van der Waals surface area contributed by atoms with Crippen LogP contribution >= 0.6 is 11.3 Å². The molecule has 0 amide bonds.